The molecule has 0 unspecified atom stereocenters. The van der Waals surface area contributed by atoms with Gasteiger partial charge < -0.3 is 20.1 Å². The van der Waals surface area contributed by atoms with Crippen LogP contribution in [0.3, 0.4) is 0 Å². The Hall–Kier alpha value is -2.43. The molecule has 0 saturated carbocycles. The van der Waals surface area contributed by atoms with E-state index < -0.39 is 23.2 Å². The first-order chi connectivity index (χ1) is 23.5. The van der Waals surface area contributed by atoms with E-state index in [1.165, 1.54) is 166 Å². The number of hydrogen-bond acceptors (Lipinski definition) is 5. The molecule has 0 atom stereocenters. The topological polar surface area (TPSA) is 87.0 Å². The maximum absolute atomic E-state index is 12.1. The summed E-state index contributed by atoms with van der Waals surface area (Å²) in [4.78, 5) is 12.1. The SMILES string of the molecule is CCCCCCCC/C=C(/C=C\CCCCCCCCCCCCCCCC)CCCCCCCCOC(=O)c1cc(O)c(O)c(O)c1. The van der Waals surface area contributed by atoms with Crippen LogP contribution in [0.5, 0.6) is 17.2 Å². The number of phenolic OH excluding ortho intramolecular Hbond substituents is 3. The van der Waals surface area contributed by atoms with Crippen LogP contribution in [0.4, 0.5) is 0 Å². The molecule has 5 heteroatoms. The van der Waals surface area contributed by atoms with Crippen LogP contribution in [0.15, 0.2) is 35.9 Å². The fraction of sp³-hybridized carbons (Fsp3) is 0.744. The minimum absolute atomic E-state index is 0.0248. The monoisotopic (exact) mass is 671 g/mol. The minimum atomic E-state index is -0.636. The highest BCUT2D eigenvalue weighted by Gasteiger charge is 2.14. The fourth-order valence-corrected chi connectivity index (χ4v) is 6.27. The summed E-state index contributed by atoms with van der Waals surface area (Å²) >= 11 is 0. The summed E-state index contributed by atoms with van der Waals surface area (Å²) in [6.07, 6.45) is 45.2. The maximum Gasteiger partial charge on any atom is 0.338 e. The van der Waals surface area contributed by atoms with Gasteiger partial charge in [0, 0.05) is 0 Å². The van der Waals surface area contributed by atoms with Gasteiger partial charge in [-0.3, -0.25) is 0 Å². The van der Waals surface area contributed by atoms with Crippen LogP contribution in [0.25, 0.3) is 0 Å². The zero-order valence-corrected chi connectivity index (χ0v) is 31.3. The van der Waals surface area contributed by atoms with Crippen LogP contribution in [-0.4, -0.2) is 27.9 Å². The molecule has 1 aromatic carbocycles. The van der Waals surface area contributed by atoms with Gasteiger partial charge in [-0.05, 0) is 57.1 Å². The number of esters is 1. The smallest absolute Gasteiger partial charge is 0.338 e. The van der Waals surface area contributed by atoms with Gasteiger partial charge in [0.2, 0.25) is 0 Å². The molecular weight excluding hydrogens is 596 g/mol. The van der Waals surface area contributed by atoms with Crippen LogP contribution in [0.2, 0.25) is 0 Å². The molecular formula is C43H74O5. The zero-order valence-electron chi connectivity index (χ0n) is 31.3. The van der Waals surface area contributed by atoms with Crippen molar-refractivity contribution in [1.82, 2.24) is 0 Å². The van der Waals surface area contributed by atoms with Crippen molar-refractivity contribution in [2.45, 2.75) is 200 Å². The number of allylic oxidation sites excluding steroid dienone is 4. The Balaban J connectivity index is 2.19. The zero-order chi connectivity index (χ0) is 34.9. The quantitative estimate of drug-likeness (QED) is 0.0300. The Morgan fingerprint density at radius 3 is 1.48 bits per heavy atom. The Bertz CT molecular complexity index is 943. The summed E-state index contributed by atoms with van der Waals surface area (Å²) < 4.78 is 5.26. The molecule has 1 aromatic rings. The molecule has 48 heavy (non-hydrogen) atoms. The molecule has 0 fully saturated rings. The molecule has 5 nitrogen and oxygen atoms in total. The molecule has 0 heterocycles. The van der Waals surface area contributed by atoms with Crippen molar-refractivity contribution >= 4 is 5.97 Å². The molecule has 0 bridgehead atoms. The van der Waals surface area contributed by atoms with Gasteiger partial charge in [0.25, 0.3) is 0 Å². The van der Waals surface area contributed by atoms with Crippen molar-refractivity contribution in [3.05, 3.63) is 41.5 Å². The number of rotatable bonds is 33. The van der Waals surface area contributed by atoms with E-state index >= 15 is 0 Å². The first-order valence-corrected chi connectivity index (χ1v) is 20.3. The molecule has 1 rings (SSSR count). The predicted octanol–water partition coefficient (Wildman–Crippen LogP) is 13.8. The summed E-state index contributed by atoms with van der Waals surface area (Å²) in [6, 6.07) is 2.20. The van der Waals surface area contributed by atoms with Crippen LogP contribution in [-0.2, 0) is 4.74 Å². The molecule has 276 valence electrons. The first kappa shape index (κ1) is 43.6. The van der Waals surface area contributed by atoms with Gasteiger partial charge in [0.05, 0.1) is 12.2 Å². The largest absolute Gasteiger partial charge is 0.504 e. The van der Waals surface area contributed by atoms with Crippen molar-refractivity contribution in [3.63, 3.8) is 0 Å². The van der Waals surface area contributed by atoms with Crippen molar-refractivity contribution in [3.8, 4) is 17.2 Å². The van der Waals surface area contributed by atoms with E-state index in [0.29, 0.717) is 6.61 Å². The third-order valence-corrected chi connectivity index (χ3v) is 9.42. The second-order valence-corrected chi connectivity index (χ2v) is 14.0. The Morgan fingerprint density at radius 1 is 0.562 bits per heavy atom. The van der Waals surface area contributed by atoms with Crippen LogP contribution < -0.4 is 0 Å². The number of carbonyl (C=O) groups excluding carboxylic acids is 1. The van der Waals surface area contributed by atoms with Gasteiger partial charge >= 0.3 is 5.97 Å². The van der Waals surface area contributed by atoms with Gasteiger partial charge in [-0.1, -0.05) is 179 Å². The number of phenols is 3. The summed E-state index contributed by atoms with van der Waals surface area (Å²) in [5.74, 6) is -2.33. The van der Waals surface area contributed by atoms with Gasteiger partial charge in [0.1, 0.15) is 0 Å². The average molecular weight is 671 g/mol. The highest BCUT2D eigenvalue weighted by molar-refractivity contribution is 5.91. The van der Waals surface area contributed by atoms with Crippen molar-refractivity contribution in [2.24, 2.45) is 0 Å². The number of hydrogen-bond donors (Lipinski definition) is 3. The highest BCUT2D eigenvalue weighted by atomic mass is 16.5. The van der Waals surface area contributed by atoms with Crippen molar-refractivity contribution in [2.75, 3.05) is 6.61 Å². The van der Waals surface area contributed by atoms with Gasteiger partial charge in [0.15, 0.2) is 17.2 Å². The third kappa shape index (κ3) is 24.7. The number of ether oxygens (including phenoxy) is 1. The van der Waals surface area contributed by atoms with E-state index in [0.717, 1.165) is 37.8 Å². The van der Waals surface area contributed by atoms with Gasteiger partial charge in [-0.25, -0.2) is 4.79 Å². The molecule has 0 aliphatic rings. The lowest BCUT2D eigenvalue weighted by molar-refractivity contribution is 0.0496. The lowest BCUT2D eigenvalue weighted by Gasteiger charge is -2.07. The van der Waals surface area contributed by atoms with Crippen LogP contribution in [0.1, 0.15) is 210 Å². The second-order valence-electron chi connectivity index (χ2n) is 14.0. The third-order valence-electron chi connectivity index (χ3n) is 9.42. The van der Waals surface area contributed by atoms with Crippen molar-refractivity contribution in [1.29, 1.82) is 0 Å². The summed E-state index contributed by atoms with van der Waals surface area (Å²) in [5, 5.41) is 28.6. The molecule has 0 aliphatic carbocycles. The second kappa shape index (κ2) is 31.8. The van der Waals surface area contributed by atoms with Crippen molar-refractivity contribution < 1.29 is 24.9 Å². The molecule has 0 amide bonds. The van der Waals surface area contributed by atoms with E-state index in [1.807, 2.05) is 0 Å². The van der Waals surface area contributed by atoms with Gasteiger partial charge in [-0.15, -0.1) is 0 Å². The standard InChI is InChI=1S/C43H74O5/c1-3-5-7-9-11-12-13-14-15-16-17-18-19-21-25-29-33-38(32-28-24-20-10-8-6-4-2)34-30-26-22-23-27-31-35-48-43(47)39-36-40(44)42(46)41(45)37-39/h29,32-33,36-37,44-46H,3-28,30-31,34-35H2,1-2H3/b33-29-,38-32-. The summed E-state index contributed by atoms with van der Waals surface area (Å²) in [5.41, 5.74) is 1.55. The number of aromatic hydroxyl groups is 3. The minimum Gasteiger partial charge on any atom is -0.504 e. The Labute approximate surface area is 295 Å². The van der Waals surface area contributed by atoms with Crippen LogP contribution >= 0.6 is 0 Å². The molecule has 0 aliphatic heterocycles. The molecule has 0 saturated heterocycles. The number of carbonyl (C=O) groups is 1. The lowest BCUT2D eigenvalue weighted by Crippen LogP contribution is -2.06. The number of unbranched alkanes of at least 4 members (excludes halogenated alkanes) is 25. The van der Waals surface area contributed by atoms with E-state index in [-0.39, 0.29) is 5.56 Å². The van der Waals surface area contributed by atoms with E-state index in [2.05, 4.69) is 32.1 Å². The summed E-state index contributed by atoms with van der Waals surface area (Å²) in [6.45, 7) is 4.87. The average Bonchev–Trinajstić information content (AvgIpc) is 3.08. The van der Waals surface area contributed by atoms with E-state index in [1.54, 1.807) is 0 Å². The highest BCUT2D eigenvalue weighted by Crippen LogP contribution is 2.35. The normalized spacial score (nSPS) is 11.9. The van der Waals surface area contributed by atoms with Gasteiger partial charge in [-0.2, -0.15) is 0 Å². The molecule has 0 aromatic heterocycles. The summed E-state index contributed by atoms with van der Waals surface area (Å²) in [7, 11) is 0. The Kier molecular flexibility index (Phi) is 28.9. The molecule has 0 spiro atoms. The number of benzene rings is 1. The molecule has 0 radical (unpaired) electrons. The fourth-order valence-electron chi connectivity index (χ4n) is 6.27. The maximum atomic E-state index is 12.1. The van der Waals surface area contributed by atoms with E-state index in [9.17, 15) is 20.1 Å². The molecule has 3 N–H and O–H groups in total. The predicted molar refractivity (Wildman–Crippen MR) is 204 cm³/mol. The lowest BCUT2D eigenvalue weighted by atomic mass is 10.0. The van der Waals surface area contributed by atoms with Crippen LogP contribution in [0, 0.1) is 0 Å². The Morgan fingerprint density at radius 2 is 0.979 bits per heavy atom. The first-order valence-electron chi connectivity index (χ1n) is 20.3. The van der Waals surface area contributed by atoms with E-state index in [4.69, 9.17) is 4.74 Å².